The predicted molar refractivity (Wildman–Crippen MR) is 322 cm³/mol. The van der Waals surface area contributed by atoms with Gasteiger partial charge in [-0.3, -0.25) is 19.2 Å². The first-order valence-corrected chi connectivity index (χ1v) is 29.8. The van der Waals surface area contributed by atoms with Gasteiger partial charge in [0.15, 0.2) is 5.43 Å². The van der Waals surface area contributed by atoms with Crippen molar-refractivity contribution in [1.82, 2.24) is 25.8 Å². The molecule has 16 nitrogen and oxygen atoms in total. The van der Waals surface area contributed by atoms with Crippen molar-refractivity contribution in [3.05, 3.63) is 148 Å². The molecule has 3 atom stereocenters. The summed E-state index contributed by atoms with van der Waals surface area (Å²) in [6.07, 6.45) is 12.7. The number of urea groups is 1. The van der Waals surface area contributed by atoms with Gasteiger partial charge in [-0.15, -0.1) is 0 Å². The molecule has 1 aromatic heterocycles. The summed E-state index contributed by atoms with van der Waals surface area (Å²) in [5.74, 6) is 0.0850. The van der Waals surface area contributed by atoms with E-state index in [0.29, 0.717) is 76.7 Å². The van der Waals surface area contributed by atoms with Gasteiger partial charge in [0, 0.05) is 105 Å². The van der Waals surface area contributed by atoms with Gasteiger partial charge in [-0.1, -0.05) is 93.8 Å². The highest BCUT2D eigenvalue weighted by atomic mass is 32.2. The number of ether oxygens (including phenoxy) is 1. The maximum absolute atomic E-state index is 13.6. The first-order chi connectivity index (χ1) is 39.9. The second kappa shape index (κ2) is 27.0. The van der Waals surface area contributed by atoms with E-state index >= 15 is 0 Å². The molecule has 0 unspecified atom stereocenters. The molecule has 0 saturated carbocycles. The third-order valence-corrected chi connectivity index (χ3v) is 17.1. The molecule has 5 amide bonds. The predicted octanol–water partition coefficient (Wildman–Crippen LogP) is 12.2. The minimum atomic E-state index is -1.19. The van der Waals surface area contributed by atoms with Crippen LogP contribution in [0.1, 0.15) is 123 Å². The molecule has 3 aliphatic heterocycles. The number of carboxylic acid groups (broad SMARTS) is 1. The van der Waals surface area contributed by atoms with Crippen LogP contribution in [-0.2, 0) is 22.7 Å². The summed E-state index contributed by atoms with van der Waals surface area (Å²) < 4.78 is 14.6. The molecule has 4 aliphatic rings. The second-order valence-electron chi connectivity index (χ2n) is 21.5. The number of nitrogens with one attached hydrogen (secondary N) is 5. The maximum atomic E-state index is 13.6. The molecule has 0 radical (unpaired) electrons. The van der Waals surface area contributed by atoms with Crippen LogP contribution in [0.2, 0.25) is 0 Å². The zero-order valence-electron chi connectivity index (χ0n) is 45.9. The largest absolute Gasteiger partial charge is 0.508 e. The fourth-order valence-corrected chi connectivity index (χ4v) is 13.1. The SMILES string of the molecule is O=C(CCCC[C@@H]1SC[C@@H]2NC(=O)N[C@@H]21)NCc1cc(OCCCn2c3ccccc3c3ccccc32)cc(C(=O)NCCCCCCCCCCCC(=O)Nc2ccc(-c3c4ccc(=O)cc-4oc4cc(O)ccc34)c(C(=O)O)c2)c1. The van der Waals surface area contributed by atoms with Gasteiger partial charge in [0.1, 0.15) is 22.8 Å². The van der Waals surface area contributed by atoms with Gasteiger partial charge in [-0.05, 0) is 110 Å². The van der Waals surface area contributed by atoms with Crippen molar-refractivity contribution in [3.8, 4) is 33.9 Å². The van der Waals surface area contributed by atoms with E-state index < -0.39 is 5.97 Å². The highest BCUT2D eigenvalue weighted by Gasteiger charge is 2.42. The molecule has 0 spiro atoms. The van der Waals surface area contributed by atoms with Gasteiger partial charge in [0.05, 0.1) is 24.3 Å². The Morgan fingerprint density at radius 1 is 0.683 bits per heavy atom. The van der Waals surface area contributed by atoms with E-state index in [9.17, 15) is 39.0 Å². The highest BCUT2D eigenvalue weighted by Crippen LogP contribution is 2.43. The van der Waals surface area contributed by atoms with E-state index in [1.807, 2.05) is 23.9 Å². The molecule has 2 fully saturated rings. The number of aromatic carboxylic acids is 1. The fraction of sp³-hybridized carbons (Fsp3) is 0.354. The third kappa shape index (κ3) is 14.0. The van der Waals surface area contributed by atoms with E-state index in [4.69, 9.17) is 9.15 Å². The average Bonchev–Trinajstić information content (AvgIpc) is 2.94. The Bertz CT molecular complexity index is 3600. The Morgan fingerprint density at radius 2 is 1.39 bits per heavy atom. The van der Waals surface area contributed by atoms with Crippen LogP contribution >= 0.6 is 11.8 Å². The van der Waals surface area contributed by atoms with E-state index in [0.717, 1.165) is 94.9 Å². The van der Waals surface area contributed by atoms with Crippen LogP contribution in [0.15, 0.2) is 131 Å². The van der Waals surface area contributed by atoms with Gasteiger partial charge >= 0.3 is 12.0 Å². The Labute approximate surface area is 480 Å². The Morgan fingerprint density at radius 3 is 2.16 bits per heavy atom. The van der Waals surface area contributed by atoms with Crippen LogP contribution in [0.5, 0.6) is 11.5 Å². The highest BCUT2D eigenvalue weighted by molar-refractivity contribution is 8.00. The quantitative estimate of drug-likeness (QED) is 0.0139. The molecule has 1 aliphatic carbocycles. The normalized spacial score (nSPS) is 15.6. The van der Waals surface area contributed by atoms with Crippen molar-refractivity contribution in [2.75, 3.05) is 24.2 Å². The molecule has 7 N–H and O–H groups in total. The van der Waals surface area contributed by atoms with Crippen LogP contribution in [0, 0.1) is 0 Å². The minimum absolute atomic E-state index is 0.0353. The second-order valence-corrected chi connectivity index (χ2v) is 22.8. The van der Waals surface area contributed by atoms with Crippen molar-refractivity contribution in [2.45, 2.75) is 127 Å². The number of thioether (sulfide) groups is 1. The number of hydrogen-bond acceptors (Lipinski definition) is 10. The number of carbonyl (C=O) groups is 5. The number of aryl methyl sites for hydroxylation is 1. The Kier molecular flexibility index (Phi) is 18.7. The lowest BCUT2D eigenvalue weighted by Gasteiger charge is -2.17. The number of para-hydroxylation sites is 2. The number of unbranched alkanes of at least 4 members (excludes halogenated alkanes) is 9. The number of rotatable bonds is 28. The lowest BCUT2D eigenvalue weighted by atomic mass is 9.90. The summed E-state index contributed by atoms with van der Waals surface area (Å²) in [4.78, 5) is 76.2. The monoisotopic (exact) mass is 1130 g/mol. The Balaban J connectivity index is 0.640. The van der Waals surface area contributed by atoms with Crippen LogP contribution in [0.3, 0.4) is 0 Å². The lowest BCUT2D eigenvalue weighted by molar-refractivity contribution is -0.121. The van der Waals surface area contributed by atoms with E-state index in [2.05, 4.69) is 79.7 Å². The van der Waals surface area contributed by atoms with Gasteiger partial charge in [-0.2, -0.15) is 11.8 Å². The molecule has 82 heavy (non-hydrogen) atoms. The molecule has 17 heteroatoms. The van der Waals surface area contributed by atoms with Crippen molar-refractivity contribution in [1.29, 1.82) is 0 Å². The molecule has 426 valence electrons. The van der Waals surface area contributed by atoms with Gasteiger partial charge in [-0.25, -0.2) is 9.59 Å². The lowest BCUT2D eigenvalue weighted by Crippen LogP contribution is -2.36. The zero-order valence-corrected chi connectivity index (χ0v) is 46.8. The first kappa shape index (κ1) is 56.9. The van der Waals surface area contributed by atoms with Crippen molar-refractivity contribution >= 4 is 79.9 Å². The molecular weight excluding hydrogens is 1060 g/mol. The summed E-state index contributed by atoms with van der Waals surface area (Å²) in [5, 5.41) is 38.8. The number of aromatic nitrogens is 1. The molecule has 0 bridgehead atoms. The number of anilines is 1. The van der Waals surface area contributed by atoms with Crippen LogP contribution < -0.4 is 36.7 Å². The molecule has 6 aromatic rings. The van der Waals surface area contributed by atoms with Gasteiger partial charge in [0.2, 0.25) is 11.8 Å². The van der Waals surface area contributed by atoms with Crippen LogP contribution in [-0.4, -0.2) is 80.7 Å². The fourth-order valence-electron chi connectivity index (χ4n) is 11.5. The number of nitrogens with zero attached hydrogens (tertiary/aromatic N) is 1. The summed E-state index contributed by atoms with van der Waals surface area (Å²) in [6.45, 7) is 2.01. The number of carbonyl (C=O) groups excluding carboxylic acids is 4. The summed E-state index contributed by atoms with van der Waals surface area (Å²) in [6, 6.07) is 36.2. The number of phenolic OH excluding ortho intramolecular Hbond substituents is 1. The maximum Gasteiger partial charge on any atom is 0.336 e. The average molecular weight is 1130 g/mol. The Hall–Kier alpha value is -8.31. The summed E-state index contributed by atoms with van der Waals surface area (Å²) in [7, 11) is 0. The van der Waals surface area contributed by atoms with E-state index in [1.165, 1.54) is 52.1 Å². The van der Waals surface area contributed by atoms with Crippen molar-refractivity contribution in [3.63, 3.8) is 0 Å². The number of amides is 5. The summed E-state index contributed by atoms with van der Waals surface area (Å²) >= 11 is 1.88. The van der Waals surface area contributed by atoms with Crippen molar-refractivity contribution < 1.29 is 43.3 Å². The number of aromatic hydroxyl groups is 1. The first-order valence-electron chi connectivity index (χ1n) is 28.8. The molecule has 4 heterocycles. The number of fused-ring (bicyclic) bond motifs is 6. The third-order valence-electron chi connectivity index (χ3n) is 15.6. The van der Waals surface area contributed by atoms with E-state index in [1.54, 1.807) is 30.3 Å². The van der Waals surface area contributed by atoms with Gasteiger partial charge in [0.25, 0.3) is 5.91 Å². The minimum Gasteiger partial charge on any atom is -0.508 e. The smallest absolute Gasteiger partial charge is 0.336 e. The van der Waals surface area contributed by atoms with Crippen molar-refractivity contribution in [2.24, 2.45) is 0 Å². The molecular formula is C65H70N6O10S. The van der Waals surface area contributed by atoms with Crippen LogP contribution in [0.25, 0.3) is 55.2 Å². The molecule has 2 saturated heterocycles. The molecule has 10 rings (SSSR count). The summed E-state index contributed by atoms with van der Waals surface area (Å²) in [5.41, 5.74) is 5.42. The van der Waals surface area contributed by atoms with Crippen LogP contribution in [0.4, 0.5) is 10.5 Å². The number of hydrogen-bond donors (Lipinski definition) is 7. The molecule has 5 aromatic carbocycles. The topological polar surface area (TPSA) is 230 Å². The van der Waals surface area contributed by atoms with E-state index in [-0.39, 0.29) is 70.5 Å². The number of benzene rings is 6. The standard InChI is InChI=1S/C65H70N6O10S/c72-44-25-28-50-56(37-44)81-57-38-45(73)26-29-51(57)61(50)49-27-24-43(36-52(49)64(77)78)68-60(75)23-8-6-4-2-1-3-5-7-15-30-66-63(76)42-33-41(39-67-59(74)22-14-13-21-58-62-53(40-82-58)69-65(79)70-62)34-46(35-42)80-32-16-31-71-54-19-11-9-17-47(54)48-18-10-12-20-55(48)71/h9-12,17-20,24-29,33-38,53,58,62,72H,1-8,13-16,21-23,30-32,39-40H2,(H,66,76)(H,67,74)(H,68,75)(H,77,78)(H2,69,70,79)/t53-,58-,62-/m0/s1. The zero-order chi connectivity index (χ0) is 57.0. The number of phenols is 1. The van der Waals surface area contributed by atoms with Gasteiger partial charge < -0.3 is 50.5 Å². The number of carboxylic acids is 1.